The fraction of sp³-hybridized carbons (Fsp3) is 0.615. The minimum Gasteiger partial charge on any atom is -0.393 e. The lowest BCUT2D eigenvalue weighted by atomic mass is 9.92. The Morgan fingerprint density at radius 2 is 2.15 bits per heavy atom. The number of nitrogens with zero attached hydrogens (tertiary/aromatic N) is 4. The zero-order valence-electron chi connectivity index (χ0n) is 11.8. The van der Waals surface area contributed by atoms with E-state index in [9.17, 15) is 5.11 Å². The average Bonchev–Trinajstić information content (AvgIpc) is 2.94. The van der Waals surface area contributed by atoms with E-state index >= 15 is 0 Å². The van der Waals surface area contributed by atoms with Crippen molar-refractivity contribution in [3.8, 4) is 0 Å². The van der Waals surface area contributed by atoms with E-state index in [0.29, 0.717) is 11.9 Å². The summed E-state index contributed by atoms with van der Waals surface area (Å²) < 4.78 is 0. The Morgan fingerprint density at radius 1 is 1.40 bits per heavy atom. The molecule has 1 fully saturated rings. The topological polar surface area (TPSA) is 90.0 Å². The maximum atomic E-state index is 9.69. The van der Waals surface area contributed by atoms with E-state index in [0.717, 1.165) is 42.8 Å². The second kappa shape index (κ2) is 5.24. The number of aromatic nitrogens is 4. The molecule has 0 amide bonds. The molecule has 0 saturated carbocycles. The van der Waals surface area contributed by atoms with E-state index in [4.69, 9.17) is 0 Å². The molecule has 1 unspecified atom stereocenters. The number of rotatable bonds is 3. The number of H-pyrrole nitrogens is 1. The predicted octanol–water partition coefficient (Wildman–Crippen LogP) is 0.992. The third-order valence-electron chi connectivity index (χ3n) is 4.03. The van der Waals surface area contributed by atoms with Crippen molar-refractivity contribution in [2.45, 2.75) is 25.9 Å². The summed E-state index contributed by atoms with van der Waals surface area (Å²) in [6.45, 7) is 3.67. The first kappa shape index (κ1) is 13.1. The van der Waals surface area contributed by atoms with Gasteiger partial charge in [-0.3, -0.25) is 5.10 Å². The number of aromatic amines is 1. The van der Waals surface area contributed by atoms with Gasteiger partial charge in [0.2, 0.25) is 5.95 Å². The van der Waals surface area contributed by atoms with Crippen molar-refractivity contribution in [3.05, 3.63) is 6.20 Å². The van der Waals surface area contributed by atoms with Gasteiger partial charge in [0.05, 0.1) is 17.7 Å². The van der Waals surface area contributed by atoms with Crippen LogP contribution in [-0.4, -0.2) is 51.5 Å². The lowest BCUT2D eigenvalue weighted by Crippen LogP contribution is -2.37. The Hall–Kier alpha value is -1.89. The van der Waals surface area contributed by atoms with Gasteiger partial charge in [-0.1, -0.05) is 0 Å². The molecule has 7 heteroatoms. The zero-order valence-corrected chi connectivity index (χ0v) is 11.8. The van der Waals surface area contributed by atoms with Crippen LogP contribution >= 0.6 is 0 Å². The highest BCUT2D eigenvalue weighted by molar-refractivity contribution is 5.87. The molecule has 3 N–H and O–H groups in total. The molecular formula is C13H20N6O. The number of aliphatic hydroxyl groups is 1. The zero-order chi connectivity index (χ0) is 14.1. The maximum Gasteiger partial charge on any atom is 0.226 e. The van der Waals surface area contributed by atoms with Gasteiger partial charge in [0.1, 0.15) is 5.82 Å². The summed E-state index contributed by atoms with van der Waals surface area (Å²) in [5.74, 6) is 1.89. The fourth-order valence-electron chi connectivity index (χ4n) is 2.77. The first-order valence-corrected chi connectivity index (χ1v) is 7.01. The molecule has 0 spiro atoms. The van der Waals surface area contributed by atoms with Crippen LogP contribution in [0.15, 0.2) is 6.20 Å². The van der Waals surface area contributed by atoms with E-state index < -0.39 is 0 Å². The summed E-state index contributed by atoms with van der Waals surface area (Å²) in [6, 6.07) is 0. The van der Waals surface area contributed by atoms with Gasteiger partial charge in [-0.05, 0) is 25.7 Å². The van der Waals surface area contributed by atoms with Crippen LogP contribution < -0.4 is 10.2 Å². The number of nitrogens with one attached hydrogen (secondary N) is 2. The van der Waals surface area contributed by atoms with Gasteiger partial charge >= 0.3 is 0 Å². The number of aliphatic hydroxyl groups excluding tert-OH is 1. The molecule has 3 heterocycles. The van der Waals surface area contributed by atoms with Gasteiger partial charge < -0.3 is 15.3 Å². The van der Waals surface area contributed by atoms with Gasteiger partial charge in [0, 0.05) is 20.1 Å². The first-order chi connectivity index (χ1) is 9.69. The van der Waals surface area contributed by atoms with Crippen LogP contribution in [0.4, 0.5) is 11.8 Å². The SMILES string of the molecule is CNc1nc(N2CCC(C(C)O)CC2)c2cn[nH]c2n1. The number of piperidine rings is 1. The Bertz CT molecular complexity index is 588. The van der Waals surface area contributed by atoms with E-state index in [1.165, 1.54) is 0 Å². The molecule has 1 atom stereocenters. The van der Waals surface area contributed by atoms with Gasteiger partial charge in [-0.15, -0.1) is 0 Å². The molecule has 0 radical (unpaired) electrons. The highest BCUT2D eigenvalue weighted by Crippen LogP contribution is 2.29. The Morgan fingerprint density at radius 3 is 2.80 bits per heavy atom. The minimum atomic E-state index is -0.232. The highest BCUT2D eigenvalue weighted by Gasteiger charge is 2.25. The predicted molar refractivity (Wildman–Crippen MR) is 77.8 cm³/mol. The summed E-state index contributed by atoms with van der Waals surface area (Å²) in [5.41, 5.74) is 0.747. The van der Waals surface area contributed by atoms with E-state index in [1.54, 1.807) is 13.2 Å². The van der Waals surface area contributed by atoms with E-state index in [2.05, 4.69) is 30.4 Å². The van der Waals surface area contributed by atoms with Gasteiger partial charge in [-0.25, -0.2) is 0 Å². The number of fused-ring (bicyclic) bond motifs is 1. The van der Waals surface area contributed by atoms with Crippen molar-refractivity contribution in [2.75, 3.05) is 30.4 Å². The molecule has 1 aliphatic heterocycles. The van der Waals surface area contributed by atoms with Crippen molar-refractivity contribution in [2.24, 2.45) is 5.92 Å². The standard InChI is InChI=1S/C13H20N6O/c1-8(20)9-3-5-19(6-4-9)12-10-7-15-18-11(10)16-13(14-2)17-12/h7-9,20H,3-6H2,1-2H3,(H2,14,15,16,17,18). The summed E-state index contributed by atoms with van der Waals surface area (Å²) in [7, 11) is 1.81. The van der Waals surface area contributed by atoms with Crippen LogP contribution in [0.25, 0.3) is 11.0 Å². The Balaban J connectivity index is 1.88. The van der Waals surface area contributed by atoms with Gasteiger partial charge in [0.15, 0.2) is 5.65 Å². The number of hydrogen-bond donors (Lipinski definition) is 3. The molecule has 0 bridgehead atoms. The summed E-state index contributed by atoms with van der Waals surface area (Å²) >= 11 is 0. The number of anilines is 2. The molecule has 108 valence electrons. The van der Waals surface area contributed by atoms with Crippen molar-refractivity contribution >= 4 is 22.8 Å². The highest BCUT2D eigenvalue weighted by atomic mass is 16.3. The number of hydrogen-bond acceptors (Lipinski definition) is 6. The minimum absolute atomic E-state index is 0.232. The molecule has 0 aliphatic carbocycles. The van der Waals surface area contributed by atoms with Crippen molar-refractivity contribution in [1.29, 1.82) is 0 Å². The Labute approximate surface area is 117 Å². The summed E-state index contributed by atoms with van der Waals surface area (Å²) in [4.78, 5) is 11.2. The molecule has 7 nitrogen and oxygen atoms in total. The van der Waals surface area contributed by atoms with Crippen molar-refractivity contribution < 1.29 is 5.11 Å². The normalized spacial score (nSPS) is 18.4. The summed E-state index contributed by atoms with van der Waals surface area (Å²) in [6.07, 6.45) is 3.50. The van der Waals surface area contributed by atoms with E-state index in [1.807, 2.05) is 6.92 Å². The quantitative estimate of drug-likeness (QED) is 0.774. The molecule has 1 aliphatic rings. The maximum absolute atomic E-state index is 9.69. The molecular weight excluding hydrogens is 256 g/mol. The smallest absolute Gasteiger partial charge is 0.226 e. The molecule has 20 heavy (non-hydrogen) atoms. The van der Waals surface area contributed by atoms with Crippen LogP contribution in [0.5, 0.6) is 0 Å². The molecule has 1 saturated heterocycles. The van der Waals surface area contributed by atoms with Crippen LogP contribution in [0.1, 0.15) is 19.8 Å². The van der Waals surface area contributed by atoms with Gasteiger partial charge in [-0.2, -0.15) is 15.1 Å². The summed E-state index contributed by atoms with van der Waals surface area (Å²) in [5, 5.41) is 20.6. The van der Waals surface area contributed by atoms with Crippen LogP contribution in [0.3, 0.4) is 0 Å². The first-order valence-electron chi connectivity index (χ1n) is 7.01. The monoisotopic (exact) mass is 276 g/mol. The molecule has 2 aromatic rings. The third-order valence-corrected chi connectivity index (χ3v) is 4.03. The molecule has 0 aromatic carbocycles. The second-order valence-corrected chi connectivity index (χ2v) is 5.32. The third kappa shape index (κ3) is 2.29. The lowest BCUT2D eigenvalue weighted by Gasteiger charge is -2.34. The molecule has 2 aromatic heterocycles. The van der Waals surface area contributed by atoms with Crippen LogP contribution in [-0.2, 0) is 0 Å². The van der Waals surface area contributed by atoms with Gasteiger partial charge in [0.25, 0.3) is 0 Å². The van der Waals surface area contributed by atoms with E-state index in [-0.39, 0.29) is 6.10 Å². The molecule has 3 rings (SSSR count). The van der Waals surface area contributed by atoms with Crippen LogP contribution in [0, 0.1) is 5.92 Å². The Kier molecular flexibility index (Phi) is 3.43. The van der Waals surface area contributed by atoms with Crippen molar-refractivity contribution in [1.82, 2.24) is 20.2 Å². The average molecular weight is 276 g/mol. The fourth-order valence-corrected chi connectivity index (χ4v) is 2.77. The lowest BCUT2D eigenvalue weighted by molar-refractivity contribution is 0.110. The largest absolute Gasteiger partial charge is 0.393 e. The van der Waals surface area contributed by atoms with Crippen LogP contribution in [0.2, 0.25) is 0 Å². The van der Waals surface area contributed by atoms with Crippen molar-refractivity contribution in [3.63, 3.8) is 0 Å². The second-order valence-electron chi connectivity index (χ2n) is 5.32.